The minimum atomic E-state index is -0.722. The first kappa shape index (κ1) is 14.5. The van der Waals surface area contributed by atoms with Gasteiger partial charge in [0.1, 0.15) is 12.4 Å². The Balaban J connectivity index is 2.58. The van der Waals surface area contributed by atoms with E-state index >= 15 is 0 Å². The maximum absolute atomic E-state index is 11.1. The van der Waals surface area contributed by atoms with Crippen LogP contribution in [0.3, 0.4) is 0 Å². The molecule has 4 heteroatoms. The van der Waals surface area contributed by atoms with Gasteiger partial charge in [0, 0.05) is 6.54 Å². The molecule has 1 rings (SSSR count). The Morgan fingerprint density at radius 1 is 1.39 bits per heavy atom. The largest absolute Gasteiger partial charge is 0.492 e. The summed E-state index contributed by atoms with van der Waals surface area (Å²) < 4.78 is 5.37. The van der Waals surface area contributed by atoms with Crippen LogP contribution >= 0.6 is 0 Å². The van der Waals surface area contributed by atoms with E-state index in [1.54, 1.807) is 0 Å². The summed E-state index contributed by atoms with van der Waals surface area (Å²) in [4.78, 5) is 11.1. The van der Waals surface area contributed by atoms with Crippen LogP contribution in [0.1, 0.15) is 25.3 Å². The van der Waals surface area contributed by atoms with E-state index in [2.05, 4.69) is 0 Å². The van der Waals surface area contributed by atoms with Crippen molar-refractivity contribution in [3.8, 4) is 5.75 Å². The van der Waals surface area contributed by atoms with E-state index in [0.29, 0.717) is 26.0 Å². The topological polar surface area (TPSA) is 72.5 Å². The van der Waals surface area contributed by atoms with Gasteiger partial charge in [0.05, 0.1) is 5.92 Å². The van der Waals surface area contributed by atoms with Gasteiger partial charge in [-0.05, 0) is 30.5 Å². The fourth-order valence-electron chi connectivity index (χ4n) is 1.84. The summed E-state index contributed by atoms with van der Waals surface area (Å²) >= 11 is 0. The first-order valence-corrected chi connectivity index (χ1v) is 6.32. The molecule has 0 aromatic heterocycles. The first-order valence-electron chi connectivity index (χ1n) is 6.32. The Hall–Kier alpha value is -1.55. The van der Waals surface area contributed by atoms with Crippen LogP contribution in [0.5, 0.6) is 5.75 Å². The monoisotopic (exact) mass is 251 g/mol. The van der Waals surface area contributed by atoms with Crippen molar-refractivity contribution in [2.24, 2.45) is 11.7 Å². The van der Waals surface area contributed by atoms with Gasteiger partial charge in [0.15, 0.2) is 0 Å². The third-order valence-electron chi connectivity index (χ3n) is 2.78. The van der Waals surface area contributed by atoms with Gasteiger partial charge in [-0.2, -0.15) is 0 Å². The van der Waals surface area contributed by atoms with Crippen LogP contribution in [-0.4, -0.2) is 24.2 Å². The van der Waals surface area contributed by atoms with Crippen LogP contribution in [-0.2, 0) is 11.2 Å². The summed E-state index contributed by atoms with van der Waals surface area (Å²) in [7, 11) is 0. The zero-order valence-electron chi connectivity index (χ0n) is 10.8. The van der Waals surface area contributed by atoms with E-state index in [1.165, 1.54) is 0 Å². The summed E-state index contributed by atoms with van der Waals surface area (Å²) in [5, 5.41) is 9.10. The Bertz CT molecular complexity index is 362. The number of hydrogen-bond acceptors (Lipinski definition) is 3. The van der Waals surface area contributed by atoms with Crippen LogP contribution in [0.15, 0.2) is 24.3 Å². The normalized spacial score (nSPS) is 12.1. The lowest BCUT2D eigenvalue weighted by Crippen LogP contribution is -2.16. The van der Waals surface area contributed by atoms with Gasteiger partial charge < -0.3 is 15.6 Å². The number of carboxylic acids is 1. The molecule has 0 spiro atoms. The summed E-state index contributed by atoms with van der Waals surface area (Å²) in [6, 6.07) is 7.54. The smallest absolute Gasteiger partial charge is 0.306 e. The van der Waals surface area contributed by atoms with Crippen molar-refractivity contribution < 1.29 is 14.6 Å². The molecule has 0 aliphatic carbocycles. The highest BCUT2D eigenvalue weighted by atomic mass is 16.5. The molecule has 18 heavy (non-hydrogen) atoms. The van der Waals surface area contributed by atoms with Gasteiger partial charge in [-0.25, -0.2) is 0 Å². The molecule has 1 atom stereocenters. The van der Waals surface area contributed by atoms with Crippen molar-refractivity contribution in [1.29, 1.82) is 0 Å². The number of aliphatic carboxylic acids is 1. The molecule has 1 aromatic carbocycles. The lowest BCUT2D eigenvalue weighted by molar-refractivity contribution is -0.141. The number of benzene rings is 1. The van der Waals surface area contributed by atoms with Crippen LogP contribution in [0.4, 0.5) is 0 Å². The Morgan fingerprint density at radius 2 is 2.06 bits per heavy atom. The molecule has 0 aliphatic heterocycles. The highest BCUT2D eigenvalue weighted by Crippen LogP contribution is 2.18. The van der Waals surface area contributed by atoms with Crippen molar-refractivity contribution in [2.75, 3.05) is 13.2 Å². The lowest BCUT2D eigenvalue weighted by atomic mass is 9.95. The first-order chi connectivity index (χ1) is 8.67. The molecule has 0 saturated heterocycles. The molecule has 4 nitrogen and oxygen atoms in total. The Labute approximate surface area is 108 Å². The van der Waals surface area contributed by atoms with Gasteiger partial charge in [0.25, 0.3) is 0 Å². The maximum atomic E-state index is 11.1. The molecule has 0 heterocycles. The van der Waals surface area contributed by atoms with E-state index in [9.17, 15) is 4.79 Å². The van der Waals surface area contributed by atoms with Gasteiger partial charge in [-0.3, -0.25) is 4.79 Å². The highest BCUT2D eigenvalue weighted by Gasteiger charge is 2.16. The molecule has 0 bridgehead atoms. The fraction of sp³-hybridized carbons (Fsp3) is 0.500. The number of hydrogen-bond donors (Lipinski definition) is 2. The van der Waals surface area contributed by atoms with Crippen LogP contribution in [0.25, 0.3) is 0 Å². The summed E-state index contributed by atoms with van der Waals surface area (Å²) in [5.41, 5.74) is 6.37. The lowest BCUT2D eigenvalue weighted by Gasteiger charge is -2.11. The number of ether oxygens (including phenoxy) is 1. The Morgan fingerprint density at radius 3 is 2.56 bits per heavy atom. The Kier molecular flexibility index (Phi) is 6.22. The van der Waals surface area contributed by atoms with E-state index in [1.807, 2.05) is 31.2 Å². The standard InChI is InChI=1S/C14H21NO3/c1-2-3-12(14(16)17)10-11-4-6-13(7-5-11)18-9-8-15/h4-7,12H,2-3,8-10,15H2,1H3,(H,16,17). The third-order valence-corrected chi connectivity index (χ3v) is 2.78. The molecule has 1 unspecified atom stereocenters. The SMILES string of the molecule is CCCC(Cc1ccc(OCCN)cc1)C(=O)O. The predicted octanol–water partition coefficient (Wildman–Crippen LogP) is 2.07. The number of carboxylic acid groups (broad SMARTS) is 1. The minimum absolute atomic E-state index is 0.300. The average Bonchev–Trinajstić information content (AvgIpc) is 2.37. The molecular formula is C14H21NO3. The van der Waals surface area contributed by atoms with Crippen molar-refractivity contribution >= 4 is 5.97 Å². The molecule has 1 aromatic rings. The second-order valence-electron chi connectivity index (χ2n) is 4.31. The molecule has 0 fully saturated rings. The zero-order valence-corrected chi connectivity index (χ0v) is 10.8. The summed E-state index contributed by atoms with van der Waals surface area (Å²) in [5.74, 6) is -0.252. The summed E-state index contributed by atoms with van der Waals surface area (Å²) in [6.45, 7) is 2.98. The zero-order chi connectivity index (χ0) is 13.4. The van der Waals surface area contributed by atoms with E-state index in [-0.39, 0.29) is 5.92 Å². The quantitative estimate of drug-likeness (QED) is 0.742. The minimum Gasteiger partial charge on any atom is -0.492 e. The van der Waals surface area contributed by atoms with Crippen LogP contribution in [0.2, 0.25) is 0 Å². The number of nitrogens with two attached hydrogens (primary N) is 1. The van der Waals surface area contributed by atoms with Gasteiger partial charge in [-0.1, -0.05) is 25.5 Å². The fourth-order valence-corrected chi connectivity index (χ4v) is 1.84. The van der Waals surface area contributed by atoms with E-state index in [4.69, 9.17) is 15.6 Å². The molecular weight excluding hydrogens is 230 g/mol. The molecule has 3 N–H and O–H groups in total. The van der Waals surface area contributed by atoms with Gasteiger partial charge in [0.2, 0.25) is 0 Å². The van der Waals surface area contributed by atoms with Crippen molar-refractivity contribution in [1.82, 2.24) is 0 Å². The number of carbonyl (C=O) groups is 1. The average molecular weight is 251 g/mol. The van der Waals surface area contributed by atoms with Gasteiger partial charge >= 0.3 is 5.97 Å². The predicted molar refractivity (Wildman–Crippen MR) is 70.7 cm³/mol. The number of rotatable bonds is 8. The summed E-state index contributed by atoms with van der Waals surface area (Å²) in [6.07, 6.45) is 2.16. The molecule has 0 aliphatic rings. The molecule has 100 valence electrons. The molecule has 0 saturated carbocycles. The van der Waals surface area contributed by atoms with Crippen LogP contribution in [0, 0.1) is 5.92 Å². The van der Waals surface area contributed by atoms with Gasteiger partial charge in [-0.15, -0.1) is 0 Å². The second kappa shape index (κ2) is 7.71. The van der Waals surface area contributed by atoms with Crippen molar-refractivity contribution in [3.05, 3.63) is 29.8 Å². The third kappa shape index (κ3) is 4.75. The second-order valence-corrected chi connectivity index (χ2v) is 4.31. The molecule has 0 amide bonds. The van der Waals surface area contributed by atoms with Crippen molar-refractivity contribution in [3.63, 3.8) is 0 Å². The maximum Gasteiger partial charge on any atom is 0.306 e. The highest BCUT2D eigenvalue weighted by molar-refractivity contribution is 5.70. The van der Waals surface area contributed by atoms with E-state index < -0.39 is 5.97 Å². The molecule has 0 radical (unpaired) electrons. The van der Waals surface area contributed by atoms with Crippen molar-refractivity contribution in [2.45, 2.75) is 26.2 Å². The van der Waals surface area contributed by atoms with E-state index in [0.717, 1.165) is 17.7 Å². The van der Waals surface area contributed by atoms with Crippen LogP contribution < -0.4 is 10.5 Å².